The summed E-state index contributed by atoms with van der Waals surface area (Å²) in [5.41, 5.74) is 9.77. The fourth-order valence-corrected chi connectivity index (χ4v) is 2.65. The third-order valence-corrected chi connectivity index (χ3v) is 4.28. The summed E-state index contributed by atoms with van der Waals surface area (Å²) in [5.74, 6) is 0.874. The molecule has 2 N–H and O–H groups in total. The summed E-state index contributed by atoms with van der Waals surface area (Å²) in [6.45, 7) is 2.82. The SMILES string of the molecule is COc1ccc(C(C)(CN)Cc2ccc(N(C)C)cc2)cc1. The van der Waals surface area contributed by atoms with E-state index in [1.165, 1.54) is 16.8 Å². The van der Waals surface area contributed by atoms with Crippen LogP contribution in [0, 0.1) is 0 Å². The molecule has 0 aliphatic carbocycles. The molecule has 2 aromatic carbocycles. The average molecular weight is 298 g/mol. The molecule has 0 aliphatic heterocycles. The first kappa shape index (κ1) is 16.4. The van der Waals surface area contributed by atoms with Crippen LogP contribution in [0.3, 0.4) is 0 Å². The monoisotopic (exact) mass is 298 g/mol. The highest BCUT2D eigenvalue weighted by molar-refractivity contribution is 5.46. The summed E-state index contributed by atoms with van der Waals surface area (Å²) >= 11 is 0. The van der Waals surface area contributed by atoms with Crippen molar-refractivity contribution in [3.8, 4) is 5.75 Å². The minimum atomic E-state index is -0.0775. The Bertz CT molecular complexity index is 590. The Morgan fingerprint density at radius 2 is 1.59 bits per heavy atom. The molecule has 0 spiro atoms. The van der Waals surface area contributed by atoms with Gasteiger partial charge in [-0.3, -0.25) is 0 Å². The molecule has 2 aromatic rings. The van der Waals surface area contributed by atoms with E-state index >= 15 is 0 Å². The van der Waals surface area contributed by atoms with Gasteiger partial charge in [0.15, 0.2) is 0 Å². The maximum atomic E-state index is 6.10. The van der Waals surface area contributed by atoms with Gasteiger partial charge in [-0.05, 0) is 41.8 Å². The van der Waals surface area contributed by atoms with Crippen molar-refractivity contribution in [1.82, 2.24) is 0 Å². The maximum absolute atomic E-state index is 6.10. The maximum Gasteiger partial charge on any atom is 0.118 e. The minimum Gasteiger partial charge on any atom is -0.497 e. The minimum absolute atomic E-state index is 0.0775. The predicted octanol–water partition coefficient (Wildman–Crippen LogP) is 3.22. The van der Waals surface area contributed by atoms with E-state index in [2.05, 4.69) is 62.3 Å². The molecule has 0 amide bonds. The Morgan fingerprint density at radius 3 is 2.05 bits per heavy atom. The van der Waals surface area contributed by atoms with E-state index < -0.39 is 0 Å². The van der Waals surface area contributed by atoms with Crippen LogP contribution in [0.5, 0.6) is 5.75 Å². The first-order valence-corrected chi connectivity index (χ1v) is 7.59. The number of anilines is 1. The zero-order valence-electron chi connectivity index (χ0n) is 14.0. The molecule has 0 bridgehead atoms. The van der Waals surface area contributed by atoms with Gasteiger partial charge >= 0.3 is 0 Å². The molecule has 0 aliphatic rings. The molecule has 0 radical (unpaired) electrons. The highest BCUT2D eigenvalue weighted by Crippen LogP contribution is 2.29. The van der Waals surface area contributed by atoms with Crippen molar-refractivity contribution >= 4 is 5.69 Å². The number of benzene rings is 2. The van der Waals surface area contributed by atoms with E-state index in [0.717, 1.165) is 12.2 Å². The summed E-state index contributed by atoms with van der Waals surface area (Å²) in [6.07, 6.45) is 0.920. The zero-order chi connectivity index (χ0) is 16.2. The van der Waals surface area contributed by atoms with Gasteiger partial charge in [-0.1, -0.05) is 31.2 Å². The Balaban J connectivity index is 2.21. The van der Waals surface area contributed by atoms with Gasteiger partial charge in [-0.2, -0.15) is 0 Å². The van der Waals surface area contributed by atoms with Crippen molar-refractivity contribution in [2.75, 3.05) is 32.6 Å². The van der Waals surface area contributed by atoms with Crippen LogP contribution in [0.15, 0.2) is 48.5 Å². The first-order chi connectivity index (χ1) is 10.5. The lowest BCUT2D eigenvalue weighted by atomic mass is 9.77. The van der Waals surface area contributed by atoms with Crippen molar-refractivity contribution in [3.63, 3.8) is 0 Å². The van der Waals surface area contributed by atoms with Crippen LogP contribution in [-0.4, -0.2) is 27.7 Å². The Morgan fingerprint density at radius 1 is 1.00 bits per heavy atom. The second-order valence-corrected chi connectivity index (χ2v) is 6.23. The molecule has 1 atom stereocenters. The van der Waals surface area contributed by atoms with E-state index in [-0.39, 0.29) is 5.41 Å². The summed E-state index contributed by atoms with van der Waals surface area (Å²) < 4.78 is 5.23. The highest BCUT2D eigenvalue weighted by atomic mass is 16.5. The molecule has 0 saturated carbocycles. The second-order valence-electron chi connectivity index (χ2n) is 6.23. The zero-order valence-corrected chi connectivity index (χ0v) is 14.0. The van der Waals surface area contributed by atoms with Crippen LogP contribution < -0.4 is 15.4 Å². The van der Waals surface area contributed by atoms with Crippen molar-refractivity contribution < 1.29 is 4.74 Å². The fraction of sp³-hybridized carbons (Fsp3) is 0.368. The van der Waals surface area contributed by atoms with Crippen LogP contribution in [0.2, 0.25) is 0 Å². The number of hydrogen-bond donors (Lipinski definition) is 1. The molecule has 0 aromatic heterocycles. The van der Waals surface area contributed by atoms with Gasteiger partial charge in [0.25, 0.3) is 0 Å². The van der Waals surface area contributed by atoms with Crippen molar-refractivity contribution in [3.05, 3.63) is 59.7 Å². The number of rotatable bonds is 6. The van der Waals surface area contributed by atoms with Crippen molar-refractivity contribution in [2.24, 2.45) is 5.73 Å². The molecule has 2 rings (SSSR count). The largest absolute Gasteiger partial charge is 0.497 e. The van der Waals surface area contributed by atoms with Gasteiger partial charge in [0.05, 0.1) is 7.11 Å². The van der Waals surface area contributed by atoms with E-state index in [1.54, 1.807) is 7.11 Å². The van der Waals surface area contributed by atoms with E-state index in [9.17, 15) is 0 Å². The Hall–Kier alpha value is -2.00. The summed E-state index contributed by atoms with van der Waals surface area (Å²) in [6, 6.07) is 16.9. The third kappa shape index (κ3) is 3.60. The number of methoxy groups -OCH3 is 1. The first-order valence-electron chi connectivity index (χ1n) is 7.59. The molecule has 0 fully saturated rings. The lowest BCUT2D eigenvalue weighted by molar-refractivity contribution is 0.413. The molecular weight excluding hydrogens is 272 g/mol. The summed E-state index contributed by atoms with van der Waals surface area (Å²) in [4.78, 5) is 2.11. The highest BCUT2D eigenvalue weighted by Gasteiger charge is 2.25. The quantitative estimate of drug-likeness (QED) is 0.890. The summed E-state index contributed by atoms with van der Waals surface area (Å²) in [7, 11) is 5.79. The van der Waals surface area contributed by atoms with Gasteiger partial charge in [0.2, 0.25) is 0 Å². The van der Waals surface area contributed by atoms with E-state index in [0.29, 0.717) is 6.54 Å². The van der Waals surface area contributed by atoms with Crippen molar-refractivity contribution in [1.29, 1.82) is 0 Å². The topological polar surface area (TPSA) is 38.5 Å². The van der Waals surface area contributed by atoms with Gasteiger partial charge in [-0.15, -0.1) is 0 Å². The van der Waals surface area contributed by atoms with Gasteiger partial charge < -0.3 is 15.4 Å². The van der Waals surface area contributed by atoms with E-state index in [1.807, 2.05) is 12.1 Å². The standard InChI is InChI=1S/C19H26N2O/c1-19(14-20,16-7-11-18(22-4)12-8-16)13-15-5-9-17(10-6-15)21(2)3/h5-12H,13-14,20H2,1-4H3. The molecule has 118 valence electrons. The Kier molecular flexibility index (Phi) is 5.09. The molecule has 1 unspecified atom stereocenters. The summed E-state index contributed by atoms with van der Waals surface area (Å²) in [5, 5.41) is 0. The number of nitrogens with zero attached hydrogens (tertiary/aromatic N) is 1. The second kappa shape index (κ2) is 6.84. The smallest absolute Gasteiger partial charge is 0.118 e. The molecule has 0 saturated heterocycles. The lowest BCUT2D eigenvalue weighted by Gasteiger charge is -2.29. The normalized spacial score (nSPS) is 13.5. The van der Waals surface area contributed by atoms with Crippen LogP contribution in [-0.2, 0) is 11.8 Å². The predicted molar refractivity (Wildman–Crippen MR) is 93.9 cm³/mol. The van der Waals surface area contributed by atoms with Gasteiger partial charge in [-0.25, -0.2) is 0 Å². The van der Waals surface area contributed by atoms with Crippen LogP contribution in [0.4, 0.5) is 5.69 Å². The molecule has 22 heavy (non-hydrogen) atoms. The van der Waals surface area contributed by atoms with Gasteiger partial charge in [0, 0.05) is 31.7 Å². The average Bonchev–Trinajstić information content (AvgIpc) is 2.55. The third-order valence-electron chi connectivity index (χ3n) is 4.28. The number of ether oxygens (including phenoxy) is 1. The lowest BCUT2D eigenvalue weighted by Crippen LogP contribution is -2.34. The Labute approximate surface area is 133 Å². The molecule has 3 heteroatoms. The van der Waals surface area contributed by atoms with Gasteiger partial charge in [0.1, 0.15) is 5.75 Å². The van der Waals surface area contributed by atoms with Crippen LogP contribution in [0.25, 0.3) is 0 Å². The van der Waals surface area contributed by atoms with E-state index in [4.69, 9.17) is 10.5 Å². The number of nitrogens with two attached hydrogens (primary N) is 1. The van der Waals surface area contributed by atoms with Crippen LogP contribution >= 0.6 is 0 Å². The molecule has 3 nitrogen and oxygen atoms in total. The van der Waals surface area contributed by atoms with Crippen LogP contribution in [0.1, 0.15) is 18.1 Å². The molecular formula is C19H26N2O. The number of hydrogen-bond acceptors (Lipinski definition) is 3. The molecule has 0 heterocycles. The fourth-order valence-electron chi connectivity index (χ4n) is 2.65. The van der Waals surface area contributed by atoms with Crippen molar-refractivity contribution in [2.45, 2.75) is 18.8 Å².